The van der Waals surface area contributed by atoms with Crippen molar-refractivity contribution in [2.45, 2.75) is 6.92 Å². The number of hydrogen-bond acceptors (Lipinski definition) is 3. The van der Waals surface area contributed by atoms with Crippen LogP contribution in [0.2, 0.25) is 0 Å². The molecule has 2 aromatic heterocycles. The van der Waals surface area contributed by atoms with Crippen LogP contribution in [0.5, 0.6) is 0 Å². The van der Waals surface area contributed by atoms with E-state index in [9.17, 15) is 4.79 Å². The summed E-state index contributed by atoms with van der Waals surface area (Å²) in [5.74, 6) is 0.799. The van der Waals surface area contributed by atoms with Crippen molar-refractivity contribution in [1.82, 2.24) is 19.5 Å². The zero-order valence-electron chi connectivity index (χ0n) is 15.5. The number of carbonyl (C=O) groups is 1. The number of amides is 1. The molecular weight excluding hydrogens is 336 g/mol. The van der Waals surface area contributed by atoms with Crippen LogP contribution in [0.1, 0.15) is 15.9 Å². The molecule has 1 amide bonds. The second-order valence-corrected chi connectivity index (χ2v) is 6.76. The van der Waals surface area contributed by atoms with E-state index in [-0.39, 0.29) is 5.91 Å². The van der Waals surface area contributed by atoms with Gasteiger partial charge in [-0.05, 0) is 47.9 Å². The van der Waals surface area contributed by atoms with Crippen LogP contribution in [0.3, 0.4) is 0 Å². The second-order valence-electron chi connectivity index (χ2n) is 6.76. The molecule has 4 rings (SSSR count). The fourth-order valence-electron chi connectivity index (χ4n) is 3.16. The van der Waals surface area contributed by atoms with Gasteiger partial charge in [0.2, 0.25) is 0 Å². The van der Waals surface area contributed by atoms with E-state index in [1.54, 1.807) is 19.0 Å². The fourth-order valence-corrected chi connectivity index (χ4v) is 3.16. The van der Waals surface area contributed by atoms with E-state index in [0.717, 1.165) is 33.7 Å². The highest BCUT2D eigenvalue weighted by Crippen LogP contribution is 2.26. The lowest BCUT2D eigenvalue weighted by Crippen LogP contribution is -2.21. The Balaban J connectivity index is 1.83. The lowest BCUT2D eigenvalue weighted by Gasteiger charge is -2.11. The van der Waals surface area contributed by atoms with Crippen molar-refractivity contribution in [3.8, 4) is 22.5 Å². The maximum absolute atomic E-state index is 12.3. The summed E-state index contributed by atoms with van der Waals surface area (Å²) in [6.07, 6.45) is 2.02. The predicted octanol–water partition coefficient (Wildman–Crippen LogP) is 4.07. The Morgan fingerprint density at radius 1 is 0.926 bits per heavy atom. The third-order valence-electron chi connectivity index (χ3n) is 4.64. The third kappa shape index (κ3) is 3.08. The van der Waals surface area contributed by atoms with Gasteiger partial charge >= 0.3 is 0 Å². The smallest absolute Gasteiger partial charge is 0.253 e. The van der Waals surface area contributed by atoms with E-state index in [1.165, 1.54) is 0 Å². The molecule has 0 saturated carbocycles. The van der Waals surface area contributed by atoms with E-state index in [1.807, 2.05) is 59.1 Å². The molecule has 2 aromatic carbocycles. The summed E-state index contributed by atoms with van der Waals surface area (Å²) < 4.78 is 2.00. The molecule has 5 heteroatoms. The first-order chi connectivity index (χ1) is 13.0. The summed E-state index contributed by atoms with van der Waals surface area (Å²) >= 11 is 0. The van der Waals surface area contributed by atoms with E-state index in [0.29, 0.717) is 5.56 Å². The van der Waals surface area contributed by atoms with Gasteiger partial charge in [-0.15, -0.1) is 10.2 Å². The topological polar surface area (TPSA) is 50.5 Å². The summed E-state index contributed by atoms with van der Waals surface area (Å²) in [5.41, 5.74) is 5.65. The highest BCUT2D eigenvalue weighted by molar-refractivity contribution is 5.95. The van der Waals surface area contributed by atoms with Crippen molar-refractivity contribution in [1.29, 1.82) is 0 Å². The Bertz CT molecular complexity index is 1140. The van der Waals surface area contributed by atoms with Gasteiger partial charge in [0.05, 0.1) is 0 Å². The van der Waals surface area contributed by atoms with Gasteiger partial charge in [-0.2, -0.15) is 0 Å². The molecule has 0 saturated heterocycles. The number of pyridine rings is 1. The predicted molar refractivity (Wildman–Crippen MR) is 107 cm³/mol. The van der Waals surface area contributed by atoms with Gasteiger partial charge in [0.1, 0.15) is 0 Å². The number of aromatic nitrogens is 3. The Kier molecular flexibility index (Phi) is 4.20. The number of rotatable bonds is 3. The zero-order valence-corrected chi connectivity index (χ0v) is 15.5. The number of hydrogen-bond donors (Lipinski definition) is 0. The molecule has 0 aliphatic carbocycles. The summed E-state index contributed by atoms with van der Waals surface area (Å²) in [7, 11) is 3.51. The van der Waals surface area contributed by atoms with Crippen LogP contribution < -0.4 is 0 Å². The third-order valence-corrected chi connectivity index (χ3v) is 4.64. The molecule has 4 aromatic rings. The highest BCUT2D eigenvalue weighted by atomic mass is 16.2. The number of benzene rings is 2. The first kappa shape index (κ1) is 17.0. The molecule has 0 fully saturated rings. The summed E-state index contributed by atoms with van der Waals surface area (Å²) in [6, 6.07) is 19.8. The van der Waals surface area contributed by atoms with Gasteiger partial charge in [-0.3, -0.25) is 9.20 Å². The van der Waals surface area contributed by atoms with Gasteiger partial charge in [0.15, 0.2) is 11.5 Å². The van der Waals surface area contributed by atoms with Crippen LogP contribution in [0, 0.1) is 6.92 Å². The van der Waals surface area contributed by atoms with Crippen molar-refractivity contribution < 1.29 is 4.79 Å². The van der Waals surface area contributed by atoms with Crippen LogP contribution in [-0.4, -0.2) is 39.5 Å². The molecule has 0 bridgehead atoms. The van der Waals surface area contributed by atoms with Gasteiger partial charge in [-0.1, -0.05) is 36.4 Å². The largest absolute Gasteiger partial charge is 0.345 e. The summed E-state index contributed by atoms with van der Waals surface area (Å²) in [4.78, 5) is 13.9. The van der Waals surface area contributed by atoms with E-state index in [4.69, 9.17) is 0 Å². The van der Waals surface area contributed by atoms with Crippen molar-refractivity contribution in [3.05, 3.63) is 78.0 Å². The Labute approximate surface area is 157 Å². The van der Waals surface area contributed by atoms with Crippen molar-refractivity contribution in [3.63, 3.8) is 0 Å². The first-order valence-corrected chi connectivity index (χ1v) is 8.77. The Morgan fingerprint density at radius 3 is 2.52 bits per heavy atom. The van der Waals surface area contributed by atoms with Gasteiger partial charge in [0.25, 0.3) is 5.91 Å². The maximum Gasteiger partial charge on any atom is 0.253 e. The van der Waals surface area contributed by atoms with E-state index >= 15 is 0 Å². The molecule has 0 N–H and O–H groups in total. The molecule has 134 valence electrons. The second kappa shape index (κ2) is 6.68. The minimum absolute atomic E-state index is 0.0113. The van der Waals surface area contributed by atoms with Crippen LogP contribution in [0.4, 0.5) is 0 Å². The van der Waals surface area contributed by atoms with E-state index in [2.05, 4.69) is 29.3 Å². The molecule has 2 heterocycles. The molecule has 27 heavy (non-hydrogen) atoms. The quantitative estimate of drug-likeness (QED) is 0.556. The zero-order chi connectivity index (χ0) is 19.0. The molecule has 0 atom stereocenters. The summed E-state index contributed by atoms with van der Waals surface area (Å²) in [5, 5.41) is 8.67. The number of carbonyl (C=O) groups excluding carboxylic acids is 1. The average Bonchev–Trinajstić information content (AvgIpc) is 3.11. The van der Waals surface area contributed by atoms with Gasteiger partial charge in [0, 0.05) is 31.4 Å². The first-order valence-electron chi connectivity index (χ1n) is 8.77. The molecule has 0 radical (unpaired) electrons. The number of fused-ring (bicyclic) bond motifs is 1. The molecular formula is C22H20N4O. The van der Waals surface area contributed by atoms with Crippen LogP contribution in [-0.2, 0) is 0 Å². The molecule has 0 spiro atoms. The highest BCUT2D eigenvalue weighted by Gasteiger charge is 2.12. The monoisotopic (exact) mass is 356 g/mol. The average molecular weight is 356 g/mol. The normalized spacial score (nSPS) is 10.9. The standard InChI is InChI=1S/C22H20N4O/c1-15-7-4-5-10-19(15)21-24-23-20-12-11-18(14-26(20)21)16-8-6-9-17(13-16)22(27)25(2)3/h4-14H,1-3H3. The van der Waals surface area contributed by atoms with Gasteiger partial charge < -0.3 is 4.90 Å². The number of aryl methyl sites for hydroxylation is 1. The van der Waals surface area contributed by atoms with Crippen LogP contribution in [0.25, 0.3) is 28.2 Å². The Morgan fingerprint density at radius 2 is 1.74 bits per heavy atom. The molecule has 0 unspecified atom stereocenters. The summed E-state index contributed by atoms with van der Waals surface area (Å²) in [6.45, 7) is 2.07. The Hall–Kier alpha value is -3.47. The lowest BCUT2D eigenvalue weighted by molar-refractivity contribution is 0.0827. The molecule has 0 aliphatic rings. The number of nitrogens with zero attached hydrogens (tertiary/aromatic N) is 4. The lowest BCUT2D eigenvalue weighted by atomic mass is 10.0. The maximum atomic E-state index is 12.3. The van der Waals surface area contributed by atoms with Crippen LogP contribution in [0.15, 0.2) is 66.9 Å². The SMILES string of the molecule is Cc1ccccc1-c1nnc2ccc(-c3cccc(C(=O)N(C)C)c3)cn12. The van der Waals surface area contributed by atoms with Crippen LogP contribution >= 0.6 is 0 Å². The van der Waals surface area contributed by atoms with E-state index < -0.39 is 0 Å². The van der Waals surface area contributed by atoms with Crippen molar-refractivity contribution in [2.75, 3.05) is 14.1 Å². The minimum atomic E-state index is -0.0113. The molecule has 0 aliphatic heterocycles. The molecule has 5 nitrogen and oxygen atoms in total. The fraction of sp³-hybridized carbons (Fsp3) is 0.136. The van der Waals surface area contributed by atoms with Crippen molar-refractivity contribution in [2.24, 2.45) is 0 Å². The van der Waals surface area contributed by atoms with Crippen molar-refractivity contribution >= 4 is 11.6 Å². The minimum Gasteiger partial charge on any atom is -0.345 e. The van der Waals surface area contributed by atoms with Gasteiger partial charge in [-0.25, -0.2) is 0 Å².